The minimum atomic E-state index is -0.163. The maximum atomic E-state index is 9.91. The molecule has 1 aromatic rings. The number of rotatable bonds is 5. The van der Waals surface area contributed by atoms with Crippen molar-refractivity contribution < 1.29 is 9.53 Å². The van der Waals surface area contributed by atoms with E-state index in [9.17, 15) is 4.79 Å². The van der Waals surface area contributed by atoms with Gasteiger partial charge < -0.3 is 16.2 Å². The van der Waals surface area contributed by atoms with Crippen molar-refractivity contribution in [1.82, 2.24) is 0 Å². The van der Waals surface area contributed by atoms with Gasteiger partial charge in [0.15, 0.2) is 0 Å². The highest BCUT2D eigenvalue weighted by atomic mass is 16.5. The third kappa shape index (κ3) is 3.45. The van der Waals surface area contributed by atoms with Crippen LogP contribution in [0.2, 0.25) is 0 Å². The van der Waals surface area contributed by atoms with Crippen LogP contribution in [0, 0.1) is 0 Å². The van der Waals surface area contributed by atoms with Crippen molar-refractivity contribution in [2.24, 2.45) is 5.73 Å². The number of carbonyl (C=O) groups excluding carboxylic acids is 1. The molecule has 0 aliphatic heterocycles. The van der Waals surface area contributed by atoms with Gasteiger partial charge in [-0.3, -0.25) is 4.79 Å². The number of carbonyl (C=O) groups is 1. The van der Waals surface area contributed by atoms with E-state index < -0.39 is 0 Å². The summed E-state index contributed by atoms with van der Waals surface area (Å²) in [6, 6.07) is 7.31. The fourth-order valence-corrected chi connectivity index (χ4v) is 1.18. The summed E-state index contributed by atoms with van der Waals surface area (Å²) in [5.41, 5.74) is 13.1. The minimum absolute atomic E-state index is 0.163. The van der Waals surface area contributed by atoms with E-state index in [1.54, 1.807) is 0 Å². The summed E-state index contributed by atoms with van der Waals surface area (Å²) in [4.78, 5) is 9.91. The first-order valence-electron chi connectivity index (χ1n) is 4.37. The Kier molecular flexibility index (Phi) is 3.94. The molecule has 0 aliphatic carbocycles. The van der Waals surface area contributed by atoms with E-state index in [1.165, 1.54) is 0 Å². The van der Waals surface area contributed by atoms with E-state index in [1.807, 2.05) is 24.3 Å². The molecule has 0 saturated carbocycles. The highest BCUT2D eigenvalue weighted by molar-refractivity contribution is 5.39. The van der Waals surface area contributed by atoms with Crippen LogP contribution < -0.4 is 11.5 Å². The van der Waals surface area contributed by atoms with E-state index in [0.717, 1.165) is 11.3 Å². The number of hydrogen-bond donors (Lipinski definition) is 2. The summed E-state index contributed by atoms with van der Waals surface area (Å²) in [5, 5.41) is 0. The Bertz CT molecular complexity index is 285. The fraction of sp³-hybridized carbons (Fsp3) is 0.300. The predicted octanol–water partition coefficient (Wildman–Crippen LogP) is 0.312. The van der Waals surface area contributed by atoms with Crippen LogP contribution in [-0.2, 0) is 16.0 Å². The van der Waals surface area contributed by atoms with Crippen LogP contribution in [0.5, 0.6) is 0 Å². The number of anilines is 1. The molecule has 0 amide bonds. The molecular weight excluding hydrogens is 180 g/mol. The van der Waals surface area contributed by atoms with Crippen LogP contribution in [0.4, 0.5) is 5.69 Å². The zero-order valence-electron chi connectivity index (χ0n) is 7.85. The zero-order valence-corrected chi connectivity index (χ0v) is 7.85. The molecule has 0 saturated heterocycles. The molecule has 0 radical (unpaired) electrons. The smallest absolute Gasteiger partial charge is 0.293 e. The Morgan fingerprint density at radius 2 is 2.00 bits per heavy atom. The lowest BCUT2D eigenvalue weighted by Gasteiger charge is -2.09. The van der Waals surface area contributed by atoms with Gasteiger partial charge in [0.1, 0.15) is 6.61 Å². The summed E-state index contributed by atoms with van der Waals surface area (Å²) in [6.07, 6.45) is 0.675. The van der Waals surface area contributed by atoms with Gasteiger partial charge in [0.2, 0.25) is 0 Å². The summed E-state index contributed by atoms with van der Waals surface area (Å²) in [5.74, 6) is 0. The van der Waals surface area contributed by atoms with Crippen molar-refractivity contribution in [1.29, 1.82) is 0 Å². The number of nitrogen functional groups attached to an aromatic ring is 1. The number of ether oxygens (including phenoxy) is 1. The Morgan fingerprint density at radius 3 is 2.57 bits per heavy atom. The molecule has 0 fully saturated rings. The maximum absolute atomic E-state index is 9.91. The molecule has 1 atom stereocenters. The van der Waals surface area contributed by atoms with Gasteiger partial charge in [-0.15, -0.1) is 0 Å². The molecule has 0 aromatic heterocycles. The van der Waals surface area contributed by atoms with Crippen LogP contribution in [0.3, 0.4) is 0 Å². The zero-order chi connectivity index (χ0) is 10.4. The standard InChI is InChI=1S/C10H14N2O2/c11-9-3-1-8(2-4-9)5-10(12)6-14-7-13/h1-4,7,10H,5-6,11-12H2. The second-order valence-electron chi connectivity index (χ2n) is 3.14. The average molecular weight is 194 g/mol. The SMILES string of the molecule is Nc1ccc(CC(N)COC=O)cc1. The van der Waals surface area contributed by atoms with E-state index in [-0.39, 0.29) is 12.6 Å². The summed E-state index contributed by atoms with van der Waals surface area (Å²) in [7, 11) is 0. The van der Waals surface area contributed by atoms with E-state index in [2.05, 4.69) is 4.74 Å². The second-order valence-corrected chi connectivity index (χ2v) is 3.14. The molecule has 0 spiro atoms. The number of benzene rings is 1. The normalized spacial score (nSPS) is 12.1. The third-order valence-electron chi connectivity index (χ3n) is 1.86. The van der Waals surface area contributed by atoms with Crippen molar-refractivity contribution in [3.05, 3.63) is 29.8 Å². The molecule has 4 heteroatoms. The summed E-state index contributed by atoms with van der Waals surface area (Å²) >= 11 is 0. The molecule has 1 aromatic carbocycles. The molecule has 4 nitrogen and oxygen atoms in total. The predicted molar refractivity (Wildman–Crippen MR) is 54.5 cm³/mol. The highest BCUT2D eigenvalue weighted by Gasteiger charge is 2.03. The van der Waals surface area contributed by atoms with Gasteiger partial charge >= 0.3 is 0 Å². The van der Waals surface area contributed by atoms with E-state index in [0.29, 0.717) is 12.9 Å². The first-order valence-corrected chi connectivity index (χ1v) is 4.37. The Balaban J connectivity index is 2.43. The Labute approximate surface area is 82.8 Å². The second kappa shape index (κ2) is 5.24. The Morgan fingerprint density at radius 1 is 1.36 bits per heavy atom. The van der Waals surface area contributed by atoms with Gasteiger partial charge in [-0.25, -0.2) is 0 Å². The number of nitrogens with two attached hydrogens (primary N) is 2. The van der Waals surface area contributed by atoms with Crippen LogP contribution in [-0.4, -0.2) is 19.1 Å². The first-order chi connectivity index (χ1) is 6.72. The van der Waals surface area contributed by atoms with Crippen LogP contribution in [0.1, 0.15) is 5.56 Å². The molecule has 1 rings (SSSR count). The first kappa shape index (κ1) is 10.5. The van der Waals surface area contributed by atoms with Gasteiger partial charge in [-0.2, -0.15) is 0 Å². The van der Waals surface area contributed by atoms with Crippen LogP contribution >= 0.6 is 0 Å². The molecule has 0 bridgehead atoms. The lowest BCUT2D eigenvalue weighted by Crippen LogP contribution is -2.28. The molecule has 76 valence electrons. The molecule has 4 N–H and O–H groups in total. The minimum Gasteiger partial charge on any atom is -0.466 e. The van der Waals surface area contributed by atoms with Crippen molar-refractivity contribution in [2.75, 3.05) is 12.3 Å². The molecule has 0 heterocycles. The molecule has 14 heavy (non-hydrogen) atoms. The molecule has 1 unspecified atom stereocenters. The summed E-state index contributed by atoms with van der Waals surface area (Å²) < 4.78 is 4.56. The highest BCUT2D eigenvalue weighted by Crippen LogP contribution is 2.07. The summed E-state index contributed by atoms with van der Waals surface area (Å²) in [6.45, 7) is 0.650. The lowest BCUT2D eigenvalue weighted by molar-refractivity contribution is -0.129. The van der Waals surface area contributed by atoms with Crippen molar-refractivity contribution in [3.8, 4) is 0 Å². The third-order valence-corrected chi connectivity index (χ3v) is 1.86. The van der Waals surface area contributed by atoms with Crippen LogP contribution in [0.25, 0.3) is 0 Å². The van der Waals surface area contributed by atoms with Gasteiger partial charge in [-0.1, -0.05) is 12.1 Å². The molecular formula is C10H14N2O2. The quantitative estimate of drug-likeness (QED) is 0.522. The van der Waals surface area contributed by atoms with Crippen molar-refractivity contribution >= 4 is 12.2 Å². The Hall–Kier alpha value is -1.55. The number of hydrogen-bond acceptors (Lipinski definition) is 4. The van der Waals surface area contributed by atoms with Gasteiger partial charge in [0, 0.05) is 11.7 Å². The van der Waals surface area contributed by atoms with Crippen molar-refractivity contribution in [3.63, 3.8) is 0 Å². The topological polar surface area (TPSA) is 78.3 Å². The average Bonchev–Trinajstić information content (AvgIpc) is 2.18. The fourth-order valence-electron chi connectivity index (χ4n) is 1.18. The van der Waals surface area contributed by atoms with Gasteiger partial charge in [0.25, 0.3) is 6.47 Å². The van der Waals surface area contributed by atoms with E-state index in [4.69, 9.17) is 11.5 Å². The molecule has 0 aliphatic rings. The van der Waals surface area contributed by atoms with E-state index >= 15 is 0 Å². The van der Waals surface area contributed by atoms with Crippen molar-refractivity contribution in [2.45, 2.75) is 12.5 Å². The van der Waals surface area contributed by atoms with Gasteiger partial charge in [-0.05, 0) is 24.1 Å². The van der Waals surface area contributed by atoms with Gasteiger partial charge in [0.05, 0.1) is 0 Å². The monoisotopic (exact) mass is 194 g/mol. The largest absolute Gasteiger partial charge is 0.466 e. The lowest BCUT2D eigenvalue weighted by atomic mass is 10.1. The maximum Gasteiger partial charge on any atom is 0.293 e. The van der Waals surface area contributed by atoms with Crippen LogP contribution in [0.15, 0.2) is 24.3 Å².